The van der Waals surface area contributed by atoms with Crippen molar-refractivity contribution in [2.45, 2.75) is 4.90 Å². The molecule has 0 bridgehead atoms. The van der Waals surface area contributed by atoms with Gasteiger partial charge in [0.15, 0.2) is 0 Å². The van der Waals surface area contributed by atoms with Crippen LogP contribution in [-0.4, -0.2) is 14.3 Å². The fraction of sp³-hybridized carbons (Fsp3) is 0. The smallest absolute Gasteiger partial charge is 0.251 e. The monoisotopic (exact) mass is 312 g/mol. The number of nitrogens with two attached hydrogens (primary N) is 2. The number of sulfonamides is 1. The van der Waals surface area contributed by atoms with E-state index in [-0.39, 0.29) is 10.6 Å². The van der Waals surface area contributed by atoms with Crippen LogP contribution in [0.2, 0.25) is 5.02 Å². The molecule has 4 N–H and O–H groups in total. The Bertz CT molecular complexity index is 529. The van der Waals surface area contributed by atoms with E-state index in [4.69, 9.17) is 22.5 Å². The molecular formula is C7H6BrClN2O3S. The van der Waals surface area contributed by atoms with Gasteiger partial charge in [-0.15, -0.1) is 0 Å². The van der Waals surface area contributed by atoms with Gasteiger partial charge in [-0.05, 0) is 12.1 Å². The topological polar surface area (TPSA) is 103 Å². The molecule has 0 radical (unpaired) electrons. The first-order valence-corrected chi connectivity index (χ1v) is 6.27. The van der Waals surface area contributed by atoms with E-state index in [1.54, 1.807) is 0 Å². The first-order chi connectivity index (χ1) is 6.73. The Labute approximate surface area is 99.6 Å². The summed E-state index contributed by atoms with van der Waals surface area (Å²) in [6.07, 6.45) is 0. The van der Waals surface area contributed by atoms with Crippen molar-refractivity contribution in [2.24, 2.45) is 10.9 Å². The van der Waals surface area contributed by atoms with Crippen LogP contribution < -0.4 is 10.9 Å². The first-order valence-electron chi connectivity index (χ1n) is 3.55. The summed E-state index contributed by atoms with van der Waals surface area (Å²) in [4.78, 5) is 10.6. The minimum atomic E-state index is -4.04. The van der Waals surface area contributed by atoms with Gasteiger partial charge in [0.05, 0.1) is 15.5 Å². The van der Waals surface area contributed by atoms with Gasteiger partial charge in [-0.25, -0.2) is 13.6 Å². The van der Waals surface area contributed by atoms with E-state index >= 15 is 0 Å². The lowest BCUT2D eigenvalue weighted by atomic mass is 10.2. The van der Waals surface area contributed by atoms with Gasteiger partial charge < -0.3 is 5.73 Å². The maximum Gasteiger partial charge on any atom is 0.251 e. The van der Waals surface area contributed by atoms with E-state index < -0.39 is 20.8 Å². The SMILES string of the molecule is NC(=O)c1c(Cl)cc(Br)cc1S(N)(=O)=O. The van der Waals surface area contributed by atoms with Crippen LogP contribution in [0.1, 0.15) is 10.4 Å². The van der Waals surface area contributed by atoms with E-state index in [0.717, 1.165) is 0 Å². The number of carbonyl (C=O) groups is 1. The summed E-state index contributed by atoms with van der Waals surface area (Å²) in [5.74, 6) is -0.948. The molecule has 1 amide bonds. The minimum absolute atomic E-state index is 0.0686. The summed E-state index contributed by atoms with van der Waals surface area (Å²) < 4.78 is 22.7. The number of amides is 1. The van der Waals surface area contributed by atoms with Crippen LogP contribution in [0, 0.1) is 0 Å². The number of hydrogen-bond donors (Lipinski definition) is 2. The molecule has 15 heavy (non-hydrogen) atoms. The van der Waals surface area contributed by atoms with Crippen LogP contribution in [0.3, 0.4) is 0 Å². The number of hydrogen-bond acceptors (Lipinski definition) is 3. The maximum absolute atomic E-state index is 11.2. The molecule has 0 heterocycles. The molecule has 0 aliphatic rings. The van der Waals surface area contributed by atoms with E-state index in [1.807, 2.05) is 0 Å². The third-order valence-corrected chi connectivity index (χ3v) is 3.26. The second-order valence-electron chi connectivity index (χ2n) is 2.67. The van der Waals surface area contributed by atoms with Crippen molar-refractivity contribution in [1.29, 1.82) is 0 Å². The van der Waals surface area contributed by atoms with Crippen molar-refractivity contribution in [3.05, 3.63) is 27.2 Å². The highest BCUT2D eigenvalue weighted by Crippen LogP contribution is 2.27. The fourth-order valence-electron chi connectivity index (χ4n) is 1.01. The Morgan fingerprint density at radius 1 is 1.40 bits per heavy atom. The second-order valence-corrected chi connectivity index (χ2v) is 5.52. The van der Waals surface area contributed by atoms with Crippen LogP contribution in [0.25, 0.3) is 0 Å². The van der Waals surface area contributed by atoms with Crippen molar-refractivity contribution in [3.8, 4) is 0 Å². The maximum atomic E-state index is 11.2. The summed E-state index contributed by atoms with van der Waals surface area (Å²) in [7, 11) is -4.04. The third-order valence-electron chi connectivity index (χ3n) is 1.57. The molecule has 1 aromatic rings. The molecule has 0 saturated carbocycles. The Hall–Kier alpha value is -0.630. The molecule has 0 spiro atoms. The normalized spacial score (nSPS) is 11.4. The molecule has 1 aromatic carbocycles. The van der Waals surface area contributed by atoms with Gasteiger partial charge in [-0.2, -0.15) is 0 Å². The zero-order valence-electron chi connectivity index (χ0n) is 7.20. The van der Waals surface area contributed by atoms with Crippen LogP contribution in [0.5, 0.6) is 0 Å². The van der Waals surface area contributed by atoms with Crippen molar-refractivity contribution >= 4 is 43.5 Å². The van der Waals surface area contributed by atoms with Crippen molar-refractivity contribution in [3.63, 3.8) is 0 Å². The summed E-state index contributed by atoms with van der Waals surface area (Å²) in [5, 5.41) is 4.85. The van der Waals surface area contributed by atoms with E-state index in [0.29, 0.717) is 4.47 Å². The molecule has 0 unspecified atom stereocenters. The van der Waals surface area contributed by atoms with Gasteiger partial charge in [0.2, 0.25) is 10.0 Å². The second kappa shape index (κ2) is 4.09. The number of carbonyl (C=O) groups excluding carboxylic acids is 1. The Morgan fingerprint density at radius 3 is 2.33 bits per heavy atom. The number of primary amides is 1. The zero-order valence-corrected chi connectivity index (χ0v) is 10.4. The highest BCUT2D eigenvalue weighted by molar-refractivity contribution is 9.10. The molecule has 0 fully saturated rings. The van der Waals surface area contributed by atoms with Crippen LogP contribution in [0.4, 0.5) is 0 Å². The van der Waals surface area contributed by atoms with Gasteiger partial charge in [0.25, 0.3) is 5.91 Å². The highest BCUT2D eigenvalue weighted by Gasteiger charge is 2.21. The molecular weight excluding hydrogens is 308 g/mol. The predicted octanol–water partition coefficient (Wildman–Crippen LogP) is 0.849. The van der Waals surface area contributed by atoms with Crippen LogP contribution >= 0.6 is 27.5 Å². The zero-order chi connectivity index (χ0) is 11.8. The number of primary sulfonamides is 1. The Morgan fingerprint density at radius 2 is 1.93 bits per heavy atom. The molecule has 0 aliphatic heterocycles. The molecule has 8 heteroatoms. The fourth-order valence-corrected chi connectivity index (χ4v) is 2.91. The first kappa shape index (κ1) is 12.4. The quantitative estimate of drug-likeness (QED) is 0.845. The molecule has 82 valence electrons. The standard InChI is InChI=1S/C7H6BrClN2O3S/c8-3-1-4(9)6(7(10)12)5(2-3)15(11,13)14/h1-2H,(H2,10,12)(H2,11,13,14). The Balaban J connectivity index is 3.70. The van der Waals surface area contributed by atoms with Crippen molar-refractivity contribution in [1.82, 2.24) is 0 Å². The summed E-state index contributed by atoms with van der Waals surface area (Å²) in [6.45, 7) is 0. The summed E-state index contributed by atoms with van der Waals surface area (Å²) >= 11 is 8.72. The molecule has 0 saturated heterocycles. The van der Waals surface area contributed by atoms with E-state index in [9.17, 15) is 13.2 Å². The van der Waals surface area contributed by atoms with Crippen molar-refractivity contribution < 1.29 is 13.2 Å². The summed E-state index contributed by atoms with van der Waals surface area (Å²) in [5.41, 5.74) is 4.70. The van der Waals surface area contributed by atoms with Crippen LogP contribution in [0.15, 0.2) is 21.5 Å². The average Bonchev–Trinajstić information content (AvgIpc) is 1.99. The van der Waals surface area contributed by atoms with E-state index in [2.05, 4.69) is 15.9 Å². The number of rotatable bonds is 2. The highest BCUT2D eigenvalue weighted by atomic mass is 79.9. The van der Waals surface area contributed by atoms with Gasteiger partial charge in [-0.3, -0.25) is 4.79 Å². The van der Waals surface area contributed by atoms with Crippen molar-refractivity contribution in [2.75, 3.05) is 0 Å². The predicted molar refractivity (Wildman–Crippen MR) is 59.0 cm³/mol. The van der Waals surface area contributed by atoms with Gasteiger partial charge in [0.1, 0.15) is 0 Å². The van der Waals surface area contributed by atoms with Gasteiger partial charge in [-0.1, -0.05) is 27.5 Å². The van der Waals surface area contributed by atoms with E-state index in [1.165, 1.54) is 12.1 Å². The lowest BCUT2D eigenvalue weighted by molar-refractivity contribution is 0.0997. The third kappa shape index (κ3) is 2.69. The molecule has 0 atom stereocenters. The molecule has 1 rings (SSSR count). The Kier molecular flexibility index (Phi) is 3.39. The molecule has 5 nitrogen and oxygen atoms in total. The number of halogens is 2. The minimum Gasteiger partial charge on any atom is -0.366 e. The average molecular weight is 314 g/mol. The van der Waals surface area contributed by atoms with Crippen LogP contribution in [-0.2, 0) is 10.0 Å². The summed E-state index contributed by atoms with van der Waals surface area (Å²) in [6, 6.07) is 2.53. The largest absolute Gasteiger partial charge is 0.366 e. The lowest BCUT2D eigenvalue weighted by Crippen LogP contribution is -2.21. The molecule has 0 aromatic heterocycles. The molecule has 0 aliphatic carbocycles. The lowest BCUT2D eigenvalue weighted by Gasteiger charge is -2.07. The number of benzene rings is 1. The van der Waals surface area contributed by atoms with Gasteiger partial charge >= 0.3 is 0 Å². The van der Waals surface area contributed by atoms with Gasteiger partial charge in [0, 0.05) is 4.47 Å².